The topological polar surface area (TPSA) is 47.7 Å². The van der Waals surface area contributed by atoms with Crippen molar-refractivity contribution in [3.63, 3.8) is 0 Å². The minimum absolute atomic E-state index is 0.184. The maximum atomic E-state index is 6.34. The van der Waals surface area contributed by atoms with Crippen LogP contribution in [0.5, 0.6) is 0 Å². The fourth-order valence-electron chi connectivity index (χ4n) is 2.75. The largest absolute Gasteiger partial charge is 0.313 e. The molecule has 0 saturated heterocycles. The maximum absolute atomic E-state index is 6.34. The second-order valence-electron chi connectivity index (χ2n) is 5.23. The van der Waals surface area contributed by atoms with Gasteiger partial charge >= 0.3 is 0 Å². The number of halogens is 1. The predicted molar refractivity (Wildman–Crippen MR) is 81.1 cm³/mol. The van der Waals surface area contributed by atoms with Gasteiger partial charge in [0.1, 0.15) is 5.15 Å². The van der Waals surface area contributed by atoms with E-state index >= 15 is 0 Å². The molecule has 0 spiro atoms. The van der Waals surface area contributed by atoms with Crippen molar-refractivity contribution in [3.8, 4) is 0 Å². The van der Waals surface area contributed by atoms with Gasteiger partial charge in [-0.15, -0.1) is 0 Å². The molecule has 1 unspecified atom stereocenters. The minimum atomic E-state index is 0.184. The van der Waals surface area contributed by atoms with Crippen molar-refractivity contribution in [2.75, 3.05) is 7.05 Å². The first-order valence-electron chi connectivity index (χ1n) is 6.72. The molecule has 0 aliphatic rings. The summed E-state index contributed by atoms with van der Waals surface area (Å²) in [6, 6.07) is 0.184. The third-order valence-electron chi connectivity index (χ3n) is 3.94. The lowest BCUT2D eigenvalue weighted by molar-refractivity contribution is 0.583. The van der Waals surface area contributed by atoms with Crippen molar-refractivity contribution in [1.29, 1.82) is 0 Å². The Kier molecular flexibility index (Phi) is 4.20. The van der Waals surface area contributed by atoms with Crippen LogP contribution < -0.4 is 5.32 Å². The van der Waals surface area contributed by atoms with Gasteiger partial charge < -0.3 is 5.32 Å². The lowest BCUT2D eigenvalue weighted by atomic mass is 9.98. The number of nitrogens with one attached hydrogen (secondary N) is 1. The molecule has 0 saturated carbocycles. The van der Waals surface area contributed by atoms with Crippen LogP contribution in [0.15, 0.2) is 0 Å². The van der Waals surface area contributed by atoms with Crippen LogP contribution in [0.2, 0.25) is 5.15 Å². The number of hydrogen-bond donors (Lipinski definition) is 1. The van der Waals surface area contributed by atoms with Crippen molar-refractivity contribution in [3.05, 3.63) is 33.4 Å². The predicted octanol–water partition coefficient (Wildman–Crippen LogP) is 2.24. The van der Waals surface area contributed by atoms with Gasteiger partial charge in [-0.25, -0.2) is 0 Å². The van der Waals surface area contributed by atoms with Crippen LogP contribution in [0.25, 0.3) is 0 Å². The Hall–Kier alpha value is -1.33. The Bertz CT molecular complexity index is 626. The zero-order valence-electron chi connectivity index (χ0n) is 13.0. The molecule has 1 N–H and O–H groups in total. The first kappa shape index (κ1) is 15.1. The summed E-state index contributed by atoms with van der Waals surface area (Å²) in [5.74, 6) is 0. The molecule has 110 valence electrons. The highest BCUT2D eigenvalue weighted by Crippen LogP contribution is 2.28. The van der Waals surface area contributed by atoms with Gasteiger partial charge in [0.2, 0.25) is 0 Å². The quantitative estimate of drug-likeness (QED) is 0.941. The molecule has 0 aliphatic carbocycles. The van der Waals surface area contributed by atoms with Gasteiger partial charge in [0.05, 0.1) is 11.4 Å². The van der Waals surface area contributed by atoms with E-state index in [1.807, 2.05) is 39.7 Å². The fourth-order valence-corrected chi connectivity index (χ4v) is 3.00. The number of rotatable bonds is 4. The van der Waals surface area contributed by atoms with Gasteiger partial charge in [0, 0.05) is 37.0 Å². The van der Waals surface area contributed by atoms with Crippen LogP contribution in [0.4, 0.5) is 0 Å². The first-order valence-corrected chi connectivity index (χ1v) is 7.09. The molecule has 2 rings (SSSR count). The molecule has 6 heteroatoms. The summed E-state index contributed by atoms with van der Waals surface area (Å²) in [6.45, 7) is 6.14. The van der Waals surface area contributed by atoms with Crippen LogP contribution in [0.3, 0.4) is 0 Å². The minimum Gasteiger partial charge on any atom is -0.313 e. The third kappa shape index (κ3) is 2.47. The average Bonchev–Trinajstić information content (AvgIpc) is 2.77. The van der Waals surface area contributed by atoms with Crippen molar-refractivity contribution in [2.24, 2.45) is 14.1 Å². The normalized spacial score (nSPS) is 12.9. The Morgan fingerprint density at radius 2 is 1.70 bits per heavy atom. The third-order valence-corrected chi connectivity index (χ3v) is 4.41. The second kappa shape index (κ2) is 5.58. The Morgan fingerprint density at radius 1 is 1.10 bits per heavy atom. The van der Waals surface area contributed by atoms with E-state index < -0.39 is 0 Å². The van der Waals surface area contributed by atoms with Crippen molar-refractivity contribution in [2.45, 2.75) is 33.2 Å². The Morgan fingerprint density at radius 3 is 2.10 bits per heavy atom. The molecule has 5 nitrogen and oxygen atoms in total. The van der Waals surface area contributed by atoms with Gasteiger partial charge in [-0.05, 0) is 34.2 Å². The van der Waals surface area contributed by atoms with Gasteiger partial charge in [-0.1, -0.05) is 11.6 Å². The van der Waals surface area contributed by atoms with E-state index in [0.717, 1.165) is 23.4 Å². The van der Waals surface area contributed by atoms with E-state index in [4.69, 9.17) is 11.6 Å². The first-order chi connectivity index (χ1) is 9.36. The molecular formula is C14H22ClN5. The molecule has 2 heterocycles. The van der Waals surface area contributed by atoms with E-state index in [0.29, 0.717) is 5.15 Å². The second-order valence-corrected chi connectivity index (χ2v) is 5.59. The number of hydrogen-bond acceptors (Lipinski definition) is 3. The summed E-state index contributed by atoms with van der Waals surface area (Å²) in [6.07, 6.45) is 0.808. The highest BCUT2D eigenvalue weighted by molar-refractivity contribution is 6.30. The summed E-state index contributed by atoms with van der Waals surface area (Å²) < 4.78 is 3.65. The van der Waals surface area contributed by atoms with Gasteiger partial charge in [0.25, 0.3) is 0 Å². The van der Waals surface area contributed by atoms with Crippen LogP contribution >= 0.6 is 11.6 Å². The highest BCUT2D eigenvalue weighted by atomic mass is 35.5. The summed E-state index contributed by atoms with van der Waals surface area (Å²) in [5, 5.41) is 13.0. The molecule has 2 aromatic heterocycles. The monoisotopic (exact) mass is 295 g/mol. The van der Waals surface area contributed by atoms with E-state index in [1.165, 1.54) is 11.3 Å². The number of aromatic nitrogens is 4. The molecule has 2 aromatic rings. The lowest BCUT2D eigenvalue weighted by Crippen LogP contribution is -2.20. The van der Waals surface area contributed by atoms with Crippen LogP contribution in [0, 0.1) is 20.8 Å². The van der Waals surface area contributed by atoms with Gasteiger partial charge in [-0.3, -0.25) is 9.36 Å². The average molecular weight is 296 g/mol. The molecule has 1 atom stereocenters. The summed E-state index contributed by atoms with van der Waals surface area (Å²) in [7, 11) is 5.81. The van der Waals surface area contributed by atoms with E-state index in [-0.39, 0.29) is 6.04 Å². The SMILES string of the molecule is CNC(Cc1c(C)nn(C)c1Cl)c1c(C)nn(C)c1C. The zero-order chi connectivity index (χ0) is 15.0. The van der Waals surface area contributed by atoms with E-state index in [9.17, 15) is 0 Å². The lowest BCUT2D eigenvalue weighted by Gasteiger charge is -2.17. The van der Waals surface area contributed by atoms with Crippen molar-refractivity contribution >= 4 is 11.6 Å². The number of nitrogens with zero attached hydrogens (tertiary/aromatic N) is 4. The molecule has 20 heavy (non-hydrogen) atoms. The molecule has 0 radical (unpaired) electrons. The summed E-state index contributed by atoms with van der Waals surface area (Å²) in [5.41, 5.74) is 5.56. The fraction of sp³-hybridized carbons (Fsp3) is 0.571. The van der Waals surface area contributed by atoms with Crippen LogP contribution in [-0.2, 0) is 20.5 Å². The summed E-state index contributed by atoms with van der Waals surface area (Å²) in [4.78, 5) is 0. The van der Waals surface area contributed by atoms with Gasteiger partial charge in [-0.2, -0.15) is 10.2 Å². The van der Waals surface area contributed by atoms with Crippen LogP contribution in [-0.4, -0.2) is 26.6 Å². The van der Waals surface area contributed by atoms with Crippen molar-refractivity contribution in [1.82, 2.24) is 24.9 Å². The van der Waals surface area contributed by atoms with E-state index in [1.54, 1.807) is 4.68 Å². The maximum Gasteiger partial charge on any atom is 0.130 e. The molecule has 0 aliphatic heterocycles. The Balaban J connectivity index is 2.39. The number of likely N-dealkylation sites (N-methyl/N-ethyl adjacent to an activating group) is 1. The highest BCUT2D eigenvalue weighted by Gasteiger charge is 2.22. The Labute approximate surface area is 124 Å². The molecule has 0 bridgehead atoms. The standard InChI is InChI=1S/C14H22ClN5/c1-8-11(14(15)20(6)17-8)7-12(16-4)13-9(2)18-19(5)10(13)3/h12,16H,7H2,1-6H3. The van der Waals surface area contributed by atoms with Gasteiger partial charge in [0.15, 0.2) is 0 Å². The molecular weight excluding hydrogens is 274 g/mol. The smallest absolute Gasteiger partial charge is 0.130 e. The van der Waals surface area contributed by atoms with Crippen LogP contribution in [0.1, 0.15) is 34.3 Å². The molecule has 0 aromatic carbocycles. The molecule has 0 amide bonds. The number of aryl methyl sites for hydroxylation is 4. The van der Waals surface area contributed by atoms with Crippen molar-refractivity contribution < 1.29 is 0 Å². The summed E-state index contributed by atoms with van der Waals surface area (Å²) >= 11 is 6.34. The zero-order valence-corrected chi connectivity index (χ0v) is 13.7. The molecule has 0 fully saturated rings. The van der Waals surface area contributed by atoms with E-state index in [2.05, 4.69) is 22.4 Å².